The first-order chi connectivity index (χ1) is 21.6. The molecule has 0 aromatic carbocycles. The summed E-state index contributed by atoms with van der Waals surface area (Å²) in [6, 6.07) is 1.82. The smallest absolute Gasteiger partial charge is 0.392 e. The van der Waals surface area contributed by atoms with Crippen molar-refractivity contribution < 1.29 is 72.6 Å². The van der Waals surface area contributed by atoms with Crippen LogP contribution in [0.1, 0.15) is 111 Å². The van der Waals surface area contributed by atoms with Crippen LogP contribution in [-0.4, -0.2) is 72.6 Å². The van der Waals surface area contributed by atoms with Gasteiger partial charge in [-0.05, 0) is 53.5 Å². The zero-order valence-electron chi connectivity index (χ0n) is 27.6. The number of rotatable bonds is 12. The van der Waals surface area contributed by atoms with E-state index in [1.54, 1.807) is 6.92 Å². The molecule has 2 atom stereocenters. The lowest BCUT2D eigenvalue weighted by Crippen LogP contribution is -2.22. The first kappa shape index (κ1) is 50.2. The first-order valence-electron chi connectivity index (χ1n) is 15.0. The van der Waals surface area contributed by atoms with Crippen LogP contribution in [0.15, 0.2) is 16.8 Å². The zero-order chi connectivity index (χ0) is 37.6. The Balaban J connectivity index is -0.000000239. The summed E-state index contributed by atoms with van der Waals surface area (Å²) >= 11 is 1.52. The summed E-state index contributed by atoms with van der Waals surface area (Å²) in [5.41, 5.74) is 0.882. The predicted molar refractivity (Wildman–Crippen MR) is 170 cm³/mol. The third kappa shape index (κ3) is 44.5. The SMILES string of the molecule is CC(CC(=O)O)C(F)(F)F.CCC(=O)O.CCC(C)CC(=O)O.CCCC(=O)O.O=C(O)CC1CCCC1.O=C(O)Cc1ccsc1. The second kappa shape index (κ2) is 30.9. The molecule has 0 bridgehead atoms. The molecule has 2 unspecified atom stereocenters. The van der Waals surface area contributed by atoms with Crippen LogP contribution in [0, 0.1) is 17.8 Å². The van der Waals surface area contributed by atoms with E-state index in [2.05, 4.69) is 0 Å². The van der Waals surface area contributed by atoms with E-state index in [0.717, 1.165) is 38.2 Å². The molecular formula is C31H51F3O12S. The molecule has 0 amide bonds. The second-order valence-corrected chi connectivity index (χ2v) is 11.3. The van der Waals surface area contributed by atoms with Gasteiger partial charge in [0.25, 0.3) is 0 Å². The van der Waals surface area contributed by atoms with E-state index in [1.165, 1.54) is 24.2 Å². The third-order valence-electron chi connectivity index (χ3n) is 5.90. The molecule has 274 valence electrons. The minimum Gasteiger partial charge on any atom is -0.481 e. The summed E-state index contributed by atoms with van der Waals surface area (Å²) in [6.45, 7) is 8.21. The summed E-state index contributed by atoms with van der Waals surface area (Å²) in [6.07, 6.45) is 2.51. The van der Waals surface area contributed by atoms with Crippen LogP contribution in [0.3, 0.4) is 0 Å². The van der Waals surface area contributed by atoms with Gasteiger partial charge in [-0.1, -0.05) is 53.9 Å². The van der Waals surface area contributed by atoms with Gasteiger partial charge in [0.2, 0.25) is 0 Å². The third-order valence-corrected chi connectivity index (χ3v) is 6.63. The Hall–Kier alpha value is -3.69. The summed E-state index contributed by atoms with van der Waals surface area (Å²) < 4.78 is 34.6. The largest absolute Gasteiger partial charge is 0.481 e. The Labute approximate surface area is 277 Å². The molecule has 1 aliphatic rings. The average molecular weight is 705 g/mol. The van der Waals surface area contributed by atoms with Crippen molar-refractivity contribution >= 4 is 47.2 Å². The molecule has 1 fully saturated rings. The number of aliphatic carboxylic acids is 6. The van der Waals surface area contributed by atoms with E-state index >= 15 is 0 Å². The van der Waals surface area contributed by atoms with E-state index in [1.807, 2.05) is 37.6 Å². The van der Waals surface area contributed by atoms with Crippen LogP contribution in [0.4, 0.5) is 13.2 Å². The molecule has 16 heteroatoms. The van der Waals surface area contributed by atoms with Crippen molar-refractivity contribution in [1.82, 2.24) is 0 Å². The maximum Gasteiger partial charge on any atom is 0.392 e. The molecule has 1 aliphatic carbocycles. The van der Waals surface area contributed by atoms with Crippen molar-refractivity contribution in [2.24, 2.45) is 17.8 Å². The highest BCUT2D eigenvalue weighted by Crippen LogP contribution is 2.28. The van der Waals surface area contributed by atoms with Crippen LogP contribution < -0.4 is 0 Å². The minimum atomic E-state index is -4.39. The van der Waals surface area contributed by atoms with Gasteiger partial charge in [0.1, 0.15) is 0 Å². The second-order valence-electron chi connectivity index (χ2n) is 10.5. The fourth-order valence-electron chi connectivity index (χ4n) is 3.06. The van der Waals surface area contributed by atoms with Crippen molar-refractivity contribution in [2.75, 3.05) is 0 Å². The summed E-state index contributed by atoms with van der Waals surface area (Å²) in [4.78, 5) is 58.9. The fraction of sp³-hybridized carbons (Fsp3) is 0.677. The number of halogens is 3. The Bertz CT molecular complexity index is 992. The van der Waals surface area contributed by atoms with Gasteiger partial charge in [-0.3, -0.25) is 28.8 Å². The van der Waals surface area contributed by atoms with Gasteiger partial charge in [-0.15, -0.1) is 0 Å². The summed E-state index contributed by atoms with van der Waals surface area (Å²) in [5.74, 6) is -5.93. The van der Waals surface area contributed by atoms with E-state index in [-0.39, 0.29) is 12.8 Å². The molecule has 0 aliphatic heterocycles. The van der Waals surface area contributed by atoms with E-state index < -0.39 is 54.3 Å². The highest BCUT2D eigenvalue weighted by Gasteiger charge is 2.37. The van der Waals surface area contributed by atoms with Gasteiger partial charge in [-0.2, -0.15) is 24.5 Å². The quantitative estimate of drug-likeness (QED) is 0.124. The zero-order valence-corrected chi connectivity index (χ0v) is 28.4. The minimum absolute atomic E-state index is 0.142. The molecule has 1 aromatic rings. The predicted octanol–water partition coefficient (Wildman–Crippen LogP) is 7.55. The van der Waals surface area contributed by atoms with Crippen LogP contribution >= 0.6 is 11.3 Å². The molecule has 0 radical (unpaired) electrons. The average Bonchev–Trinajstić information content (AvgIpc) is 3.63. The standard InChI is InChI=1S/C7H12O2.C6H6O2S.C6H12O2.C5H7F3O2.C4H8O2.C3H6O2/c8-7(9)5-6-3-1-2-4-6;7-6(8)3-5-1-2-9-4-5;1-3-5(2)4-6(7)8;1-3(2-4(9)10)5(6,7)8;1-2-3-4(5)6;1-2-3(4)5/h6H,1-5H2,(H,8,9);1-2,4H,3H2,(H,7,8);5H,3-4H2,1-2H3,(H,7,8);3H,2H2,1H3,(H,9,10);2-3H2,1H3,(H,5,6);2H2,1H3,(H,4,5). The monoisotopic (exact) mass is 704 g/mol. The topological polar surface area (TPSA) is 224 Å². The normalized spacial score (nSPS) is 12.9. The van der Waals surface area contributed by atoms with Crippen molar-refractivity contribution in [3.8, 4) is 0 Å². The van der Waals surface area contributed by atoms with Gasteiger partial charge < -0.3 is 30.6 Å². The Morgan fingerprint density at radius 2 is 1.28 bits per heavy atom. The van der Waals surface area contributed by atoms with Crippen molar-refractivity contribution in [1.29, 1.82) is 0 Å². The molecule has 0 saturated heterocycles. The lowest BCUT2D eigenvalue weighted by atomic mass is 10.1. The number of carbonyl (C=O) groups is 6. The Morgan fingerprint density at radius 3 is 1.49 bits per heavy atom. The van der Waals surface area contributed by atoms with E-state index in [9.17, 15) is 41.9 Å². The maximum atomic E-state index is 11.5. The summed E-state index contributed by atoms with van der Waals surface area (Å²) in [7, 11) is 0. The number of hydrogen-bond acceptors (Lipinski definition) is 7. The molecule has 0 spiro atoms. The lowest BCUT2D eigenvalue weighted by molar-refractivity contribution is -0.178. The molecule has 1 saturated carbocycles. The first-order valence-corrected chi connectivity index (χ1v) is 15.9. The molecule has 12 nitrogen and oxygen atoms in total. The lowest BCUT2D eigenvalue weighted by Gasteiger charge is -2.11. The van der Waals surface area contributed by atoms with Crippen LogP contribution in [0.5, 0.6) is 0 Å². The molecular weight excluding hydrogens is 653 g/mol. The number of alkyl halides is 3. The number of hydrogen-bond donors (Lipinski definition) is 6. The maximum absolute atomic E-state index is 11.5. The highest BCUT2D eigenvalue weighted by atomic mass is 32.1. The van der Waals surface area contributed by atoms with Crippen molar-refractivity contribution in [3.63, 3.8) is 0 Å². The Kier molecular flexibility index (Phi) is 33.0. The van der Waals surface area contributed by atoms with E-state index in [4.69, 9.17) is 30.6 Å². The van der Waals surface area contributed by atoms with E-state index in [0.29, 0.717) is 31.1 Å². The van der Waals surface area contributed by atoms with Gasteiger partial charge in [0, 0.05) is 25.7 Å². The number of thiophene rings is 1. The highest BCUT2D eigenvalue weighted by molar-refractivity contribution is 7.08. The number of carboxylic acid groups (broad SMARTS) is 6. The number of carboxylic acids is 6. The van der Waals surface area contributed by atoms with Gasteiger partial charge >= 0.3 is 42.0 Å². The molecule has 1 heterocycles. The van der Waals surface area contributed by atoms with Crippen molar-refractivity contribution in [3.05, 3.63) is 22.4 Å². The van der Waals surface area contributed by atoms with Crippen LogP contribution in [-0.2, 0) is 35.2 Å². The molecule has 47 heavy (non-hydrogen) atoms. The summed E-state index contributed by atoms with van der Waals surface area (Å²) in [5, 5.41) is 52.2. The van der Waals surface area contributed by atoms with Gasteiger partial charge in [-0.25, -0.2) is 0 Å². The van der Waals surface area contributed by atoms with Crippen molar-refractivity contribution in [2.45, 2.75) is 118 Å². The van der Waals surface area contributed by atoms with Gasteiger partial charge in [0.05, 0.1) is 18.8 Å². The van der Waals surface area contributed by atoms with Crippen LogP contribution in [0.2, 0.25) is 0 Å². The molecule has 6 N–H and O–H groups in total. The van der Waals surface area contributed by atoms with Crippen LogP contribution in [0.25, 0.3) is 0 Å². The molecule has 1 aromatic heterocycles. The molecule has 2 rings (SSSR count). The fourth-order valence-corrected chi connectivity index (χ4v) is 3.73. The van der Waals surface area contributed by atoms with Gasteiger partial charge in [0.15, 0.2) is 0 Å². The Morgan fingerprint density at radius 1 is 0.787 bits per heavy atom.